The molecule has 102 valence electrons. The molecule has 0 radical (unpaired) electrons. The van der Waals surface area contributed by atoms with E-state index in [9.17, 15) is 0 Å². The highest BCUT2D eigenvalue weighted by Gasteiger charge is 2.14. The third-order valence-corrected chi connectivity index (χ3v) is 4.05. The van der Waals surface area contributed by atoms with Crippen molar-refractivity contribution in [2.75, 3.05) is 7.05 Å². The van der Waals surface area contributed by atoms with Gasteiger partial charge in [-0.15, -0.1) is 0 Å². The third kappa shape index (κ3) is 3.45. The number of aromatic nitrogens is 2. The lowest BCUT2D eigenvalue weighted by molar-refractivity contribution is 0.588. The van der Waals surface area contributed by atoms with Crippen molar-refractivity contribution in [2.24, 2.45) is 0 Å². The van der Waals surface area contributed by atoms with Gasteiger partial charge in [-0.3, -0.25) is 4.68 Å². The summed E-state index contributed by atoms with van der Waals surface area (Å²) >= 11 is 3.64. The summed E-state index contributed by atoms with van der Waals surface area (Å²) in [6, 6.07) is 6.76. The van der Waals surface area contributed by atoms with Crippen LogP contribution in [0.4, 0.5) is 0 Å². The van der Waals surface area contributed by atoms with Crippen LogP contribution in [0.15, 0.2) is 35.1 Å². The monoisotopic (exact) mass is 321 g/mol. The topological polar surface area (TPSA) is 29.9 Å². The predicted molar refractivity (Wildman–Crippen MR) is 82.3 cm³/mol. The van der Waals surface area contributed by atoms with Gasteiger partial charge in [0.25, 0.3) is 0 Å². The van der Waals surface area contributed by atoms with Gasteiger partial charge in [-0.1, -0.05) is 33.6 Å². The molecular weight excluding hydrogens is 302 g/mol. The fourth-order valence-electron chi connectivity index (χ4n) is 2.22. The molecule has 4 heteroatoms. The lowest BCUT2D eigenvalue weighted by Gasteiger charge is -2.18. The van der Waals surface area contributed by atoms with Crippen LogP contribution in [0.2, 0.25) is 0 Å². The fourth-order valence-corrected chi connectivity index (χ4v) is 2.74. The molecule has 3 nitrogen and oxygen atoms in total. The van der Waals surface area contributed by atoms with E-state index in [1.54, 1.807) is 0 Å². The van der Waals surface area contributed by atoms with Crippen LogP contribution in [0, 0.1) is 6.92 Å². The number of nitrogens with one attached hydrogen (secondary N) is 1. The highest BCUT2D eigenvalue weighted by atomic mass is 79.9. The predicted octanol–water partition coefficient (Wildman–Crippen LogP) is 3.48. The first kappa shape index (κ1) is 14.3. The summed E-state index contributed by atoms with van der Waals surface area (Å²) in [7, 11) is 2.00. The molecule has 0 aliphatic heterocycles. The van der Waals surface area contributed by atoms with Gasteiger partial charge in [0.05, 0.1) is 6.20 Å². The molecule has 0 spiro atoms. The number of aryl methyl sites for hydroxylation is 2. The second kappa shape index (κ2) is 6.35. The molecule has 2 aromatic rings. The second-order valence-electron chi connectivity index (χ2n) is 4.77. The summed E-state index contributed by atoms with van der Waals surface area (Å²) in [6.07, 6.45) is 5.02. The summed E-state index contributed by atoms with van der Waals surface area (Å²) in [5.74, 6) is 0. The van der Waals surface area contributed by atoms with Gasteiger partial charge in [-0.25, -0.2) is 0 Å². The molecule has 0 saturated heterocycles. The van der Waals surface area contributed by atoms with Gasteiger partial charge in [-0.05, 0) is 44.5 Å². The molecular formula is C15H20BrN3. The van der Waals surface area contributed by atoms with Crippen molar-refractivity contribution >= 4 is 15.9 Å². The van der Waals surface area contributed by atoms with Crippen LogP contribution in [0.1, 0.15) is 29.7 Å². The number of likely N-dealkylation sites (N-methyl/N-ethyl adjacent to an activating group) is 1. The Morgan fingerprint density at radius 1 is 1.42 bits per heavy atom. The molecule has 1 aromatic carbocycles. The maximum Gasteiger partial charge on any atom is 0.0522 e. The molecule has 19 heavy (non-hydrogen) atoms. The van der Waals surface area contributed by atoms with Crippen molar-refractivity contribution in [3.05, 3.63) is 51.8 Å². The van der Waals surface area contributed by atoms with Crippen LogP contribution in [-0.4, -0.2) is 16.8 Å². The highest BCUT2D eigenvalue weighted by Crippen LogP contribution is 2.27. The molecule has 1 heterocycles. The van der Waals surface area contributed by atoms with Gasteiger partial charge in [0.2, 0.25) is 0 Å². The van der Waals surface area contributed by atoms with E-state index in [1.807, 2.05) is 17.9 Å². The normalized spacial score (nSPS) is 12.6. The number of hydrogen-bond acceptors (Lipinski definition) is 2. The van der Waals surface area contributed by atoms with Crippen LogP contribution in [-0.2, 0) is 13.0 Å². The van der Waals surface area contributed by atoms with Gasteiger partial charge >= 0.3 is 0 Å². The van der Waals surface area contributed by atoms with Crippen molar-refractivity contribution in [1.29, 1.82) is 0 Å². The van der Waals surface area contributed by atoms with E-state index in [4.69, 9.17) is 0 Å². The van der Waals surface area contributed by atoms with E-state index >= 15 is 0 Å². The fraction of sp³-hybridized carbons (Fsp3) is 0.400. The van der Waals surface area contributed by atoms with E-state index in [-0.39, 0.29) is 0 Å². The molecule has 1 unspecified atom stereocenters. The Morgan fingerprint density at radius 2 is 2.21 bits per heavy atom. The summed E-state index contributed by atoms with van der Waals surface area (Å²) < 4.78 is 3.12. The van der Waals surface area contributed by atoms with Gasteiger partial charge < -0.3 is 5.32 Å². The van der Waals surface area contributed by atoms with Crippen LogP contribution in [0.25, 0.3) is 0 Å². The summed E-state index contributed by atoms with van der Waals surface area (Å²) in [5.41, 5.74) is 3.84. The van der Waals surface area contributed by atoms with E-state index < -0.39 is 0 Å². The van der Waals surface area contributed by atoms with E-state index in [0.29, 0.717) is 6.04 Å². The molecule has 1 atom stereocenters. The molecule has 0 bridgehead atoms. The van der Waals surface area contributed by atoms with Crippen molar-refractivity contribution in [3.63, 3.8) is 0 Å². The minimum absolute atomic E-state index is 0.295. The first-order valence-electron chi connectivity index (χ1n) is 6.58. The van der Waals surface area contributed by atoms with Crippen LogP contribution in [0.3, 0.4) is 0 Å². The van der Waals surface area contributed by atoms with Gasteiger partial charge in [0.1, 0.15) is 0 Å². The molecule has 1 N–H and O–H groups in total. The summed E-state index contributed by atoms with van der Waals surface area (Å²) in [5, 5.41) is 7.73. The van der Waals surface area contributed by atoms with Crippen molar-refractivity contribution in [2.45, 2.75) is 32.9 Å². The van der Waals surface area contributed by atoms with Gasteiger partial charge in [-0.2, -0.15) is 5.10 Å². The molecule has 1 aromatic heterocycles. The SMILES string of the molecule is CCn1cc(CC(NC)c2cc(C)ccc2Br)cn1. The molecule has 0 aliphatic rings. The number of benzene rings is 1. The number of rotatable bonds is 5. The molecule has 0 aliphatic carbocycles. The first-order valence-corrected chi connectivity index (χ1v) is 7.38. The molecule has 0 fully saturated rings. The zero-order chi connectivity index (χ0) is 13.8. The Labute approximate surface area is 123 Å². The highest BCUT2D eigenvalue weighted by molar-refractivity contribution is 9.10. The quantitative estimate of drug-likeness (QED) is 0.913. The lowest BCUT2D eigenvalue weighted by Crippen LogP contribution is -2.19. The standard InChI is InChI=1S/C15H20BrN3/c1-4-19-10-12(9-18-19)8-15(17-3)13-7-11(2)5-6-14(13)16/h5-7,9-10,15,17H,4,8H2,1-3H3. The third-order valence-electron chi connectivity index (χ3n) is 3.33. The van der Waals surface area contributed by atoms with Crippen LogP contribution < -0.4 is 5.32 Å². The number of nitrogens with zero attached hydrogens (tertiary/aromatic N) is 2. The Hall–Kier alpha value is -1.13. The van der Waals surface area contributed by atoms with Crippen molar-refractivity contribution in [1.82, 2.24) is 15.1 Å². The van der Waals surface area contributed by atoms with Crippen LogP contribution in [0.5, 0.6) is 0 Å². The number of hydrogen-bond donors (Lipinski definition) is 1. The Kier molecular flexibility index (Phi) is 4.77. The van der Waals surface area contributed by atoms with E-state index in [2.05, 4.69) is 64.6 Å². The Morgan fingerprint density at radius 3 is 2.84 bits per heavy atom. The average molecular weight is 322 g/mol. The molecule has 0 saturated carbocycles. The van der Waals surface area contributed by atoms with Gasteiger partial charge in [0, 0.05) is 23.3 Å². The summed E-state index contributed by atoms with van der Waals surface area (Å²) in [6.45, 7) is 5.14. The molecule has 2 rings (SSSR count). The largest absolute Gasteiger partial charge is 0.313 e. The lowest BCUT2D eigenvalue weighted by atomic mass is 9.99. The maximum absolute atomic E-state index is 4.33. The smallest absolute Gasteiger partial charge is 0.0522 e. The van der Waals surface area contributed by atoms with Crippen molar-refractivity contribution in [3.8, 4) is 0 Å². The van der Waals surface area contributed by atoms with E-state index in [0.717, 1.165) is 17.4 Å². The number of halogens is 1. The zero-order valence-corrected chi connectivity index (χ0v) is 13.2. The van der Waals surface area contributed by atoms with E-state index in [1.165, 1.54) is 16.7 Å². The van der Waals surface area contributed by atoms with Crippen LogP contribution >= 0.6 is 15.9 Å². The van der Waals surface area contributed by atoms with Gasteiger partial charge in [0.15, 0.2) is 0 Å². The Balaban J connectivity index is 2.22. The first-order chi connectivity index (χ1) is 9.13. The summed E-state index contributed by atoms with van der Waals surface area (Å²) in [4.78, 5) is 0. The zero-order valence-electron chi connectivity index (χ0n) is 11.7. The molecule has 0 amide bonds. The minimum atomic E-state index is 0.295. The maximum atomic E-state index is 4.33. The second-order valence-corrected chi connectivity index (χ2v) is 5.63. The minimum Gasteiger partial charge on any atom is -0.313 e. The Bertz CT molecular complexity index is 548. The van der Waals surface area contributed by atoms with Crippen molar-refractivity contribution < 1.29 is 0 Å². The average Bonchev–Trinajstić information content (AvgIpc) is 2.87.